The van der Waals surface area contributed by atoms with Gasteiger partial charge in [0.15, 0.2) is 0 Å². The van der Waals surface area contributed by atoms with Crippen molar-refractivity contribution in [3.63, 3.8) is 0 Å². The van der Waals surface area contributed by atoms with Crippen LogP contribution >= 0.6 is 12.2 Å². The smallest absolute Gasteiger partial charge is 0.128 e. The predicted octanol–water partition coefficient (Wildman–Crippen LogP) is 3.18. The zero-order valence-corrected chi connectivity index (χ0v) is 11.1. The molecule has 2 nitrogen and oxygen atoms in total. The number of hydrogen-bond acceptors (Lipinski definition) is 2. The molecule has 0 aliphatic heterocycles. The van der Waals surface area contributed by atoms with Crippen molar-refractivity contribution in [2.75, 3.05) is 0 Å². The Balaban J connectivity index is 2.00. The van der Waals surface area contributed by atoms with Gasteiger partial charge < -0.3 is 10.5 Å². The number of benzene rings is 2. The fourth-order valence-corrected chi connectivity index (χ4v) is 1.97. The molecule has 98 valence electrons. The summed E-state index contributed by atoms with van der Waals surface area (Å²) in [7, 11) is 0. The Kier molecular flexibility index (Phi) is 4.60. The molecule has 0 aromatic heterocycles. The van der Waals surface area contributed by atoms with E-state index in [1.165, 1.54) is 6.07 Å². The second-order valence-electron chi connectivity index (χ2n) is 4.11. The lowest BCUT2D eigenvalue weighted by Crippen LogP contribution is -2.12. The van der Waals surface area contributed by atoms with E-state index >= 15 is 0 Å². The van der Waals surface area contributed by atoms with Crippen LogP contribution in [-0.4, -0.2) is 4.99 Å². The molecule has 2 aromatic carbocycles. The molecule has 0 unspecified atom stereocenters. The Morgan fingerprint density at radius 3 is 2.26 bits per heavy atom. The van der Waals surface area contributed by atoms with Gasteiger partial charge in [-0.2, -0.15) is 0 Å². The summed E-state index contributed by atoms with van der Waals surface area (Å²) in [4.78, 5) is 0.338. The van der Waals surface area contributed by atoms with E-state index in [-0.39, 0.29) is 12.4 Å². The fraction of sp³-hybridized carbons (Fsp3) is 0.133. The van der Waals surface area contributed by atoms with Crippen LogP contribution in [0.25, 0.3) is 0 Å². The summed E-state index contributed by atoms with van der Waals surface area (Å²) in [6.07, 6.45) is 0. The summed E-state index contributed by atoms with van der Waals surface area (Å²) in [5.41, 5.74) is 7.88. The average Bonchev–Trinajstić information content (AvgIpc) is 2.41. The first kappa shape index (κ1) is 13.6. The van der Waals surface area contributed by atoms with Crippen molar-refractivity contribution in [2.24, 2.45) is 5.73 Å². The van der Waals surface area contributed by atoms with Gasteiger partial charge in [0.1, 0.15) is 10.8 Å². The quantitative estimate of drug-likeness (QED) is 0.851. The average molecular weight is 275 g/mol. The van der Waals surface area contributed by atoms with E-state index < -0.39 is 0 Å². The van der Waals surface area contributed by atoms with Gasteiger partial charge in [0, 0.05) is 11.1 Å². The molecule has 0 spiro atoms. The number of halogens is 1. The highest BCUT2D eigenvalue weighted by atomic mass is 32.1. The minimum absolute atomic E-state index is 0.221. The van der Waals surface area contributed by atoms with Crippen LogP contribution in [0.4, 0.5) is 4.39 Å². The van der Waals surface area contributed by atoms with E-state index in [4.69, 9.17) is 22.7 Å². The topological polar surface area (TPSA) is 35.2 Å². The van der Waals surface area contributed by atoms with Gasteiger partial charge in [-0.15, -0.1) is 0 Å². The maximum atomic E-state index is 13.4. The summed E-state index contributed by atoms with van der Waals surface area (Å²) in [5, 5.41) is 0. The van der Waals surface area contributed by atoms with Crippen LogP contribution in [0.3, 0.4) is 0 Å². The molecule has 0 aliphatic rings. The zero-order valence-electron chi connectivity index (χ0n) is 10.3. The molecule has 19 heavy (non-hydrogen) atoms. The van der Waals surface area contributed by atoms with E-state index in [9.17, 15) is 4.39 Å². The third-order valence-electron chi connectivity index (χ3n) is 2.76. The maximum Gasteiger partial charge on any atom is 0.128 e. The molecule has 0 heterocycles. The van der Waals surface area contributed by atoms with E-state index in [0.717, 1.165) is 11.1 Å². The van der Waals surface area contributed by atoms with Gasteiger partial charge in [0.05, 0.1) is 13.2 Å². The van der Waals surface area contributed by atoms with Crippen molar-refractivity contribution in [3.8, 4) is 0 Å². The Hall–Kier alpha value is -1.78. The minimum atomic E-state index is -0.259. The van der Waals surface area contributed by atoms with Crippen LogP contribution in [0, 0.1) is 5.82 Å². The highest BCUT2D eigenvalue weighted by Gasteiger charge is 2.05. The summed E-state index contributed by atoms with van der Waals surface area (Å²) in [6.45, 7) is 0.570. The molecule has 0 fully saturated rings. The van der Waals surface area contributed by atoms with Gasteiger partial charge in [0.2, 0.25) is 0 Å². The summed E-state index contributed by atoms with van der Waals surface area (Å²) in [6, 6.07) is 14.1. The second-order valence-corrected chi connectivity index (χ2v) is 4.55. The molecule has 0 bridgehead atoms. The van der Waals surface area contributed by atoms with E-state index in [2.05, 4.69) is 0 Å². The van der Waals surface area contributed by atoms with Gasteiger partial charge in [-0.25, -0.2) is 4.39 Å². The molecule has 0 amide bonds. The van der Waals surface area contributed by atoms with Crippen LogP contribution in [0.5, 0.6) is 0 Å². The predicted molar refractivity (Wildman–Crippen MR) is 77.2 cm³/mol. The number of rotatable bonds is 5. The van der Waals surface area contributed by atoms with Crippen molar-refractivity contribution in [2.45, 2.75) is 13.2 Å². The first-order valence-corrected chi connectivity index (χ1v) is 6.28. The normalized spacial score (nSPS) is 10.4. The lowest BCUT2D eigenvalue weighted by atomic mass is 10.1. The first-order valence-electron chi connectivity index (χ1n) is 5.87. The van der Waals surface area contributed by atoms with Crippen molar-refractivity contribution < 1.29 is 9.13 Å². The molecule has 2 rings (SSSR count). The molecule has 0 saturated carbocycles. The highest BCUT2D eigenvalue weighted by Crippen LogP contribution is 2.13. The minimum Gasteiger partial charge on any atom is -0.389 e. The maximum absolute atomic E-state index is 13.4. The fourth-order valence-electron chi connectivity index (χ4n) is 1.77. The highest BCUT2D eigenvalue weighted by molar-refractivity contribution is 7.80. The van der Waals surface area contributed by atoms with Gasteiger partial charge in [0.25, 0.3) is 0 Å². The van der Waals surface area contributed by atoms with Crippen LogP contribution in [0.1, 0.15) is 16.7 Å². The van der Waals surface area contributed by atoms with Gasteiger partial charge in [-0.1, -0.05) is 54.7 Å². The molecule has 2 N–H and O–H groups in total. The standard InChI is InChI=1S/C15H14FNOS/c16-14-8-4-2-6-12(14)10-18-9-11-5-1-3-7-13(11)15(17)19/h1-8H,9-10H2,(H2,17,19). The Morgan fingerprint density at radius 1 is 1.00 bits per heavy atom. The molecular formula is C15H14FNOS. The van der Waals surface area contributed by atoms with Crippen LogP contribution in [0.2, 0.25) is 0 Å². The molecule has 4 heteroatoms. The monoisotopic (exact) mass is 275 g/mol. The van der Waals surface area contributed by atoms with Crippen LogP contribution in [-0.2, 0) is 18.0 Å². The Bertz CT molecular complexity index is 586. The molecule has 2 aromatic rings. The number of nitrogens with two attached hydrogens (primary N) is 1. The lowest BCUT2D eigenvalue weighted by molar-refractivity contribution is 0.105. The van der Waals surface area contributed by atoms with E-state index in [0.29, 0.717) is 17.2 Å². The zero-order chi connectivity index (χ0) is 13.7. The van der Waals surface area contributed by atoms with Gasteiger partial charge in [-0.3, -0.25) is 0 Å². The Morgan fingerprint density at radius 2 is 1.58 bits per heavy atom. The molecule has 0 atom stereocenters. The summed E-state index contributed by atoms with van der Waals surface area (Å²) >= 11 is 4.98. The SMILES string of the molecule is NC(=S)c1ccccc1COCc1ccccc1F. The number of hydrogen-bond donors (Lipinski definition) is 1. The summed E-state index contributed by atoms with van der Waals surface area (Å²) in [5.74, 6) is -0.259. The van der Waals surface area contributed by atoms with Crippen molar-refractivity contribution in [1.82, 2.24) is 0 Å². The van der Waals surface area contributed by atoms with Crippen LogP contribution < -0.4 is 5.73 Å². The van der Waals surface area contributed by atoms with Gasteiger partial charge >= 0.3 is 0 Å². The molecular weight excluding hydrogens is 261 g/mol. The summed E-state index contributed by atoms with van der Waals surface area (Å²) < 4.78 is 18.9. The van der Waals surface area contributed by atoms with Crippen molar-refractivity contribution in [1.29, 1.82) is 0 Å². The number of ether oxygens (including phenoxy) is 1. The third kappa shape index (κ3) is 3.59. The van der Waals surface area contributed by atoms with Crippen LogP contribution in [0.15, 0.2) is 48.5 Å². The van der Waals surface area contributed by atoms with Crippen molar-refractivity contribution in [3.05, 3.63) is 71.0 Å². The van der Waals surface area contributed by atoms with E-state index in [1.807, 2.05) is 24.3 Å². The lowest BCUT2D eigenvalue weighted by Gasteiger charge is -2.09. The first-order chi connectivity index (χ1) is 9.18. The largest absolute Gasteiger partial charge is 0.389 e. The van der Waals surface area contributed by atoms with E-state index in [1.54, 1.807) is 18.2 Å². The third-order valence-corrected chi connectivity index (χ3v) is 2.98. The van der Waals surface area contributed by atoms with Crippen molar-refractivity contribution >= 4 is 17.2 Å². The Labute approximate surface area is 117 Å². The van der Waals surface area contributed by atoms with Gasteiger partial charge in [-0.05, 0) is 11.6 Å². The second kappa shape index (κ2) is 6.41. The molecule has 0 saturated heterocycles. The number of thiocarbonyl (C=S) groups is 1. The molecule has 0 aliphatic carbocycles. The molecule has 0 radical (unpaired) electrons.